The van der Waals surface area contributed by atoms with Crippen LogP contribution in [0.25, 0.3) is 119 Å². The van der Waals surface area contributed by atoms with Crippen LogP contribution < -0.4 is 21.3 Å². The summed E-state index contributed by atoms with van der Waals surface area (Å²) in [6, 6.07) is 27.7. The van der Waals surface area contributed by atoms with Crippen LogP contribution in [0.2, 0.25) is 0 Å². The number of amides is 8. The van der Waals surface area contributed by atoms with E-state index in [1.54, 1.807) is 72.8 Å². The summed E-state index contributed by atoms with van der Waals surface area (Å²) in [7, 11) is 0. The molecule has 0 bridgehead atoms. The van der Waals surface area contributed by atoms with Gasteiger partial charge in [0, 0.05) is 98.7 Å². The molecule has 11 aromatic carbocycles. The Kier molecular flexibility index (Phi) is 6.87. The van der Waals surface area contributed by atoms with E-state index in [4.69, 9.17) is 8.75 Å². The lowest BCUT2D eigenvalue weighted by molar-refractivity contribution is 0.0828. The van der Waals surface area contributed by atoms with Crippen LogP contribution in [-0.2, 0) is 0 Å². The van der Waals surface area contributed by atoms with Gasteiger partial charge in [0.2, 0.25) is 0 Å². The SMILES string of the molecule is N#Cc1cc2c3c(ccc4c5c(-c6ccc(-c7cc8c9c(cc(C#N)c%10c%11ccc%12c%13c(ccc(c7c9%10)c%13%11)C(=O)NC%12=O)C(=O)NC8=O)c7nsnc67)cc6c7c(ccc(c1c34)c75)C(=O)NC6=O)C(=O)NC2=O. The number of benzene rings is 11. The summed E-state index contributed by atoms with van der Waals surface area (Å²) in [5.74, 6) is -5.06. The van der Waals surface area contributed by atoms with Gasteiger partial charge in [-0.25, -0.2) is 0 Å². The predicted octanol–water partition coefficient (Wildman–Crippen LogP) is 8.40. The number of carbonyl (C=O) groups excluding carboxylic acids is 8. The van der Waals surface area contributed by atoms with Crippen LogP contribution in [0.5, 0.6) is 0 Å². The van der Waals surface area contributed by atoms with Crippen LogP contribution in [0.4, 0.5) is 0 Å². The summed E-state index contributed by atoms with van der Waals surface area (Å²) >= 11 is 0.904. The molecular formula is C56H18N8O8S. The summed E-state index contributed by atoms with van der Waals surface area (Å²) in [5.41, 5.74) is 4.43. The number of hydrogen-bond acceptors (Lipinski definition) is 13. The molecule has 0 radical (unpaired) electrons. The van der Waals surface area contributed by atoms with Crippen LogP contribution in [0.15, 0.2) is 84.9 Å². The largest absolute Gasteiger partial charge is 0.288 e. The highest BCUT2D eigenvalue weighted by molar-refractivity contribution is 7.00. The molecule has 1 aromatic heterocycles. The van der Waals surface area contributed by atoms with E-state index < -0.39 is 47.3 Å². The highest BCUT2D eigenvalue weighted by Gasteiger charge is 2.37. The quantitative estimate of drug-likeness (QED) is 0.0723. The number of rotatable bonds is 2. The van der Waals surface area contributed by atoms with Crippen molar-refractivity contribution >= 4 is 156 Å². The van der Waals surface area contributed by atoms with Gasteiger partial charge < -0.3 is 0 Å². The lowest BCUT2D eigenvalue weighted by Crippen LogP contribution is -2.35. The fourth-order valence-corrected chi connectivity index (χ4v) is 13.1. The first-order valence-electron chi connectivity index (χ1n) is 22.5. The lowest BCUT2D eigenvalue weighted by atomic mass is 9.78. The molecule has 0 spiro atoms. The van der Waals surface area contributed by atoms with Crippen molar-refractivity contribution < 1.29 is 38.4 Å². The van der Waals surface area contributed by atoms with Crippen LogP contribution >= 0.6 is 11.7 Å². The molecule has 336 valence electrons. The van der Waals surface area contributed by atoms with Crippen molar-refractivity contribution in [3.63, 3.8) is 0 Å². The van der Waals surface area contributed by atoms with Crippen molar-refractivity contribution in [2.75, 3.05) is 0 Å². The van der Waals surface area contributed by atoms with Crippen molar-refractivity contribution in [2.24, 2.45) is 0 Å². The average Bonchev–Trinajstić information content (AvgIpc) is 3.96. The number of imide groups is 4. The van der Waals surface area contributed by atoms with Crippen LogP contribution in [-0.4, -0.2) is 56.0 Å². The summed E-state index contributed by atoms with van der Waals surface area (Å²) in [6.07, 6.45) is 0. The first-order chi connectivity index (χ1) is 35.4. The third-order valence-corrected chi connectivity index (χ3v) is 15.8. The Labute approximate surface area is 408 Å². The maximum atomic E-state index is 14.1. The van der Waals surface area contributed by atoms with Gasteiger partial charge in [0.1, 0.15) is 11.0 Å². The van der Waals surface area contributed by atoms with Crippen molar-refractivity contribution in [1.82, 2.24) is 30.0 Å². The maximum Gasteiger partial charge on any atom is 0.258 e. The normalized spacial score (nSPS) is 14.9. The molecule has 0 saturated heterocycles. The molecule has 16 nitrogen and oxygen atoms in total. The first-order valence-corrected chi connectivity index (χ1v) is 23.2. The zero-order chi connectivity index (χ0) is 49.4. The zero-order valence-electron chi connectivity index (χ0n) is 36.5. The van der Waals surface area contributed by atoms with Gasteiger partial charge in [-0.2, -0.15) is 19.3 Å². The zero-order valence-corrected chi connectivity index (χ0v) is 37.4. The second kappa shape index (κ2) is 12.8. The highest BCUT2D eigenvalue weighted by Crippen LogP contribution is 2.53. The summed E-state index contributed by atoms with van der Waals surface area (Å²) < 4.78 is 9.75. The van der Waals surface area contributed by atoms with Crippen molar-refractivity contribution in [2.45, 2.75) is 0 Å². The van der Waals surface area contributed by atoms with Gasteiger partial charge in [-0.05, 0) is 103 Å². The van der Waals surface area contributed by atoms with Crippen molar-refractivity contribution in [3.05, 3.63) is 141 Å². The third-order valence-electron chi connectivity index (χ3n) is 15.3. The van der Waals surface area contributed by atoms with Crippen LogP contribution in [0.1, 0.15) is 94.0 Å². The minimum Gasteiger partial charge on any atom is -0.288 e. The van der Waals surface area contributed by atoms with E-state index in [9.17, 15) is 48.9 Å². The van der Waals surface area contributed by atoms with Gasteiger partial charge in [0.05, 0.1) is 35.0 Å². The van der Waals surface area contributed by atoms with Crippen LogP contribution in [0.3, 0.4) is 0 Å². The minimum absolute atomic E-state index is 0.119. The molecule has 8 amide bonds. The van der Waals surface area contributed by atoms with E-state index in [1.165, 1.54) is 12.1 Å². The van der Waals surface area contributed by atoms with E-state index in [0.29, 0.717) is 119 Å². The Balaban J connectivity index is 1.07. The number of fused-ring (bicyclic) bond motifs is 5. The molecule has 4 N–H and O–H groups in total. The molecule has 0 saturated carbocycles. The Hall–Kier alpha value is -10.6. The molecule has 4 aliphatic heterocycles. The van der Waals surface area contributed by atoms with Gasteiger partial charge in [0.25, 0.3) is 47.3 Å². The van der Waals surface area contributed by atoms with E-state index in [0.717, 1.165) is 11.7 Å². The summed E-state index contributed by atoms with van der Waals surface area (Å²) in [5, 5.41) is 38.6. The molecule has 0 atom stereocenters. The first kappa shape index (κ1) is 39.3. The molecule has 4 aliphatic rings. The summed E-state index contributed by atoms with van der Waals surface area (Å²) in [4.78, 5) is 109. The van der Waals surface area contributed by atoms with Gasteiger partial charge >= 0.3 is 0 Å². The second-order valence-corrected chi connectivity index (χ2v) is 19.0. The number of nitriles is 2. The maximum absolute atomic E-state index is 14.1. The number of carbonyl (C=O) groups is 8. The molecule has 5 heterocycles. The standard InChI is InChI=1S/C56H18N8O8S/c57-15-17-11-31-41-27(51(67)60-53(31)69)10-6-24-38-29(13-33-42-28(52(68)61-55(33)71)8-4-22(45(38)42)35(17)44(24)41)19-1-2-20(48-47(19)63-73-64-48)30-14-34-43-32(54(70)62-56(34)72)12-18(16-58)36-21-3-7-25-40-26(50(66)59-49(25)65)9-5-23(37(21)40)39(30)46(36)43/h1-14H,(H,59,65,66)(H,60,67,69)(H,61,68,71)(H,62,70,72). The second-order valence-electron chi connectivity index (χ2n) is 18.5. The molecule has 12 aromatic rings. The fourth-order valence-electron chi connectivity index (χ4n) is 12.5. The van der Waals surface area contributed by atoms with Gasteiger partial charge in [0.15, 0.2) is 0 Å². The Morgan fingerprint density at radius 3 is 1.04 bits per heavy atom. The van der Waals surface area contributed by atoms with Gasteiger partial charge in [-0.15, -0.1) is 0 Å². The van der Waals surface area contributed by atoms with Gasteiger partial charge in [-0.3, -0.25) is 59.6 Å². The summed E-state index contributed by atoms with van der Waals surface area (Å²) in [6.45, 7) is 0. The van der Waals surface area contributed by atoms with Crippen molar-refractivity contribution in [1.29, 1.82) is 10.5 Å². The van der Waals surface area contributed by atoms with Crippen molar-refractivity contribution in [3.8, 4) is 34.4 Å². The van der Waals surface area contributed by atoms with E-state index >= 15 is 0 Å². The average molecular weight is 963 g/mol. The molecule has 17 heteroatoms. The molecular weight excluding hydrogens is 945 g/mol. The van der Waals surface area contributed by atoms with Gasteiger partial charge in [-0.1, -0.05) is 36.4 Å². The predicted molar refractivity (Wildman–Crippen MR) is 267 cm³/mol. The van der Waals surface area contributed by atoms with E-state index in [1.807, 2.05) is 0 Å². The van der Waals surface area contributed by atoms with Crippen LogP contribution in [0, 0.1) is 22.7 Å². The lowest BCUT2D eigenvalue weighted by Gasteiger charge is -2.26. The number of nitrogens with zero attached hydrogens (tertiary/aromatic N) is 4. The topological polar surface area (TPSA) is 258 Å². The highest BCUT2D eigenvalue weighted by atomic mass is 32.1. The van der Waals surface area contributed by atoms with E-state index in [-0.39, 0.29) is 55.6 Å². The molecule has 0 aliphatic carbocycles. The number of hydrogen-bond donors (Lipinski definition) is 4. The Bertz CT molecular complexity index is 5100. The Morgan fingerprint density at radius 1 is 0.301 bits per heavy atom. The Morgan fingerprint density at radius 2 is 0.603 bits per heavy atom. The number of aromatic nitrogens is 2. The third kappa shape index (κ3) is 4.46. The monoisotopic (exact) mass is 962 g/mol. The molecule has 0 fully saturated rings. The number of nitrogens with one attached hydrogen (secondary N) is 4. The molecule has 0 unspecified atom stereocenters. The molecule has 16 rings (SSSR count). The smallest absolute Gasteiger partial charge is 0.258 e. The fraction of sp³-hybridized carbons (Fsp3) is 0. The van der Waals surface area contributed by atoms with E-state index in [2.05, 4.69) is 33.4 Å². The minimum atomic E-state index is -0.679. The molecule has 73 heavy (non-hydrogen) atoms.